The Balaban J connectivity index is 0.00000106. The Hall–Kier alpha value is -5.45. The van der Waals surface area contributed by atoms with Crippen LogP contribution in [-0.2, 0) is 0 Å². The second kappa shape index (κ2) is 15.1. The van der Waals surface area contributed by atoms with E-state index in [1.165, 1.54) is 0 Å². The topological polar surface area (TPSA) is 155 Å². The normalized spacial score (nSPS) is 13.7. The van der Waals surface area contributed by atoms with Crippen LogP contribution in [0.4, 0.5) is 5.69 Å². The van der Waals surface area contributed by atoms with E-state index in [1.807, 2.05) is 76.2 Å². The van der Waals surface area contributed by atoms with Crippen LogP contribution in [0.5, 0.6) is 0 Å². The van der Waals surface area contributed by atoms with Gasteiger partial charge in [0.15, 0.2) is 0 Å². The number of aromatic nitrogens is 3. The van der Waals surface area contributed by atoms with Crippen molar-refractivity contribution in [1.82, 2.24) is 25.6 Å². The maximum atomic E-state index is 11.9. The van der Waals surface area contributed by atoms with Gasteiger partial charge in [-0.1, -0.05) is 81.4 Å². The van der Waals surface area contributed by atoms with Gasteiger partial charge in [-0.05, 0) is 23.8 Å². The molecule has 6 rings (SSSR count). The van der Waals surface area contributed by atoms with Gasteiger partial charge in [-0.15, -0.1) is 5.10 Å². The zero-order valence-corrected chi connectivity index (χ0v) is 25.5. The number of hydrogen-bond donors (Lipinski definition) is 5. The molecule has 4 aromatic rings. The summed E-state index contributed by atoms with van der Waals surface area (Å²) in [5.74, 6) is 0.721. The van der Waals surface area contributed by atoms with Crippen molar-refractivity contribution < 1.29 is 9.90 Å². The summed E-state index contributed by atoms with van der Waals surface area (Å²) < 4.78 is 1.55. The molecule has 2 aliphatic rings. The lowest BCUT2D eigenvalue weighted by atomic mass is 10.1. The molecule has 0 fully saturated rings. The van der Waals surface area contributed by atoms with E-state index in [-0.39, 0.29) is 5.56 Å². The minimum absolute atomic E-state index is 0.104. The number of carboxylic acids is 1. The number of aromatic carboxylic acids is 1. The summed E-state index contributed by atoms with van der Waals surface area (Å²) in [6.45, 7) is 11.2. The van der Waals surface area contributed by atoms with Gasteiger partial charge in [0, 0.05) is 41.7 Å². The number of hydrogen-bond acceptors (Lipinski definition) is 9. The van der Waals surface area contributed by atoms with Gasteiger partial charge in [-0.25, -0.2) is 9.48 Å². The molecule has 0 bridgehead atoms. The largest absolute Gasteiger partial charge is 0.478 e. The van der Waals surface area contributed by atoms with E-state index in [4.69, 9.17) is 5.73 Å². The highest BCUT2D eigenvalue weighted by Gasteiger charge is 2.13. The Morgan fingerprint density at radius 2 is 1.41 bits per heavy atom. The van der Waals surface area contributed by atoms with Crippen LogP contribution in [0.25, 0.3) is 22.6 Å². The highest BCUT2D eigenvalue weighted by atomic mass is 16.4. The van der Waals surface area contributed by atoms with E-state index in [2.05, 4.69) is 36.2 Å². The average molecular weight is 594 g/mol. The van der Waals surface area contributed by atoms with E-state index in [1.54, 1.807) is 35.3 Å². The Morgan fingerprint density at radius 1 is 0.841 bits per heavy atom. The first-order valence-electron chi connectivity index (χ1n) is 14.8. The maximum Gasteiger partial charge on any atom is 0.335 e. The van der Waals surface area contributed by atoms with Crippen LogP contribution < -0.4 is 21.7 Å². The summed E-state index contributed by atoms with van der Waals surface area (Å²) in [5, 5.41) is 27.9. The quantitative estimate of drug-likeness (QED) is 0.196. The molecule has 0 aliphatic carbocycles. The Kier molecular flexibility index (Phi) is 10.8. The third kappa shape index (κ3) is 7.49. The molecule has 228 valence electrons. The van der Waals surface area contributed by atoms with Crippen molar-refractivity contribution in [2.24, 2.45) is 15.7 Å². The lowest BCUT2D eigenvalue weighted by molar-refractivity contribution is 0.0697. The van der Waals surface area contributed by atoms with Crippen LogP contribution in [-0.4, -0.2) is 63.9 Å². The van der Waals surface area contributed by atoms with Crippen LogP contribution >= 0.6 is 0 Å². The number of carbonyl (C=O) groups is 1. The van der Waals surface area contributed by atoms with E-state index >= 15 is 0 Å². The fourth-order valence-electron chi connectivity index (χ4n) is 4.52. The molecule has 3 aromatic carbocycles. The molecule has 0 spiro atoms. The molecule has 44 heavy (non-hydrogen) atoms. The number of amidine groups is 2. The highest BCUT2D eigenvalue weighted by molar-refractivity contribution is 6.00. The monoisotopic (exact) mass is 593 g/mol. The summed E-state index contributed by atoms with van der Waals surface area (Å²) in [7, 11) is 0. The molecule has 0 amide bonds. The molecule has 0 radical (unpaired) electrons. The fourth-order valence-corrected chi connectivity index (χ4v) is 4.52. The van der Waals surface area contributed by atoms with E-state index < -0.39 is 5.97 Å². The minimum atomic E-state index is -1.06. The van der Waals surface area contributed by atoms with Crippen LogP contribution in [0.3, 0.4) is 0 Å². The number of rotatable bonds is 8. The number of aliphatic imine (C=N–C) groups is 2. The number of nitrogens with zero attached hydrogens (tertiary/aromatic N) is 5. The molecule has 2 aliphatic heterocycles. The predicted molar refractivity (Wildman–Crippen MR) is 177 cm³/mol. The second-order valence-electron chi connectivity index (χ2n) is 9.33. The molecule has 3 heterocycles. The molecule has 0 unspecified atom stereocenters. The summed E-state index contributed by atoms with van der Waals surface area (Å²) in [6, 6.07) is 20.5. The third-order valence-corrected chi connectivity index (χ3v) is 6.61. The molecule has 0 atom stereocenters. The van der Waals surface area contributed by atoms with Gasteiger partial charge in [-0.3, -0.25) is 9.98 Å². The summed E-state index contributed by atoms with van der Waals surface area (Å²) in [6.07, 6.45) is 3.41. The smallest absolute Gasteiger partial charge is 0.335 e. The van der Waals surface area contributed by atoms with Gasteiger partial charge >= 0.3 is 5.97 Å². The first-order chi connectivity index (χ1) is 21.5. The predicted octanol–water partition coefficient (Wildman–Crippen LogP) is 4.75. The second-order valence-corrected chi connectivity index (χ2v) is 9.33. The molecule has 11 heteroatoms. The zero-order valence-electron chi connectivity index (χ0n) is 25.5. The average Bonchev–Trinajstić information content (AvgIpc) is 3.89. The first kappa shape index (κ1) is 31.5. The van der Waals surface area contributed by atoms with Crippen molar-refractivity contribution in [3.8, 4) is 16.9 Å². The van der Waals surface area contributed by atoms with E-state index in [9.17, 15) is 9.90 Å². The number of nitrogens with one attached hydrogen (secondary N) is 3. The van der Waals surface area contributed by atoms with Gasteiger partial charge in [-0.2, -0.15) is 0 Å². The van der Waals surface area contributed by atoms with Crippen molar-refractivity contribution in [2.75, 3.05) is 31.5 Å². The number of benzene rings is 3. The van der Waals surface area contributed by atoms with Crippen molar-refractivity contribution >= 4 is 29.0 Å². The summed E-state index contributed by atoms with van der Waals surface area (Å²) in [5.41, 5.74) is 12.4. The van der Waals surface area contributed by atoms with Gasteiger partial charge in [0.05, 0.1) is 36.2 Å². The third-order valence-electron chi connectivity index (χ3n) is 6.61. The Labute approximate surface area is 257 Å². The van der Waals surface area contributed by atoms with E-state index in [0.717, 1.165) is 60.1 Å². The van der Waals surface area contributed by atoms with Crippen LogP contribution in [0, 0.1) is 0 Å². The van der Waals surface area contributed by atoms with E-state index in [0.29, 0.717) is 22.8 Å². The molecule has 11 nitrogen and oxygen atoms in total. The molecule has 6 N–H and O–H groups in total. The molecular weight excluding hydrogens is 554 g/mol. The Morgan fingerprint density at radius 3 is 1.95 bits per heavy atom. The number of nitrogens with two attached hydrogens (primary N) is 1. The van der Waals surface area contributed by atoms with Gasteiger partial charge in [0.1, 0.15) is 17.4 Å². The highest BCUT2D eigenvalue weighted by Crippen LogP contribution is 2.23. The van der Waals surface area contributed by atoms with Crippen LogP contribution in [0.15, 0.2) is 89.1 Å². The number of anilines is 1. The van der Waals surface area contributed by atoms with Gasteiger partial charge in [0.2, 0.25) is 0 Å². The van der Waals surface area contributed by atoms with Crippen LogP contribution in [0.2, 0.25) is 0 Å². The lowest BCUT2D eigenvalue weighted by Crippen LogP contribution is -2.19. The maximum absolute atomic E-state index is 11.9. The zero-order chi connectivity index (χ0) is 31.5. The lowest BCUT2D eigenvalue weighted by Gasteiger charge is -2.09. The molecular formula is C33H39N9O2. The van der Waals surface area contributed by atoms with Gasteiger partial charge < -0.3 is 26.8 Å². The summed E-state index contributed by atoms with van der Waals surface area (Å²) >= 11 is 0. The van der Waals surface area contributed by atoms with Crippen molar-refractivity contribution in [3.05, 3.63) is 101 Å². The fraction of sp³-hybridized carbons (Fsp3) is 0.242. The van der Waals surface area contributed by atoms with Crippen molar-refractivity contribution in [2.45, 2.75) is 27.7 Å². The van der Waals surface area contributed by atoms with Crippen molar-refractivity contribution in [3.63, 3.8) is 0 Å². The minimum Gasteiger partial charge on any atom is -0.478 e. The molecule has 0 saturated carbocycles. The first-order valence-corrected chi connectivity index (χ1v) is 14.8. The standard InChI is InChI=1S/C29H27N9O2.2C2H6/c30-25(18-1-5-20(6-2-18)27-31-9-10-32-27)16-35-23-13-22(29(39)40)14-24(15-23)38-17-26(36-37-38)19-3-7-21(8-4-19)28-33-11-12-34-28;2*1-2/h1-8,13-17,35H,9-12,30H2,(H,31,32)(H,33,34)(H,39,40);2*1-2H3/b25-16-;;. The van der Waals surface area contributed by atoms with Crippen molar-refractivity contribution in [1.29, 1.82) is 0 Å². The van der Waals surface area contributed by atoms with Crippen LogP contribution in [0.1, 0.15) is 54.7 Å². The SMILES string of the molecule is CC.CC.N/C(=C\Nc1cc(C(=O)O)cc(-n2cc(-c3ccc(C4=NCCN4)cc3)nn2)c1)c1ccc(C2=NCCN2)cc1. The van der Waals surface area contributed by atoms with Gasteiger partial charge in [0.25, 0.3) is 0 Å². The molecule has 1 aromatic heterocycles. The molecule has 0 saturated heterocycles. The number of carboxylic acid groups (broad SMARTS) is 1. The Bertz CT molecular complexity index is 1650. The summed E-state index contributed by atoms with van der Waals surface area (Å²) in [4.78, 5) is 20.7.